The summed E-state index contributed by atoms with van der Waals surface area (Å²) in [6.07, 6.45) is 1.32. The molecule has 6 heteroatoms. The molecule has 168 valence electrons. The summed E-state index contributed by atoms with van der Waals surface area (Å²) in [6.45, 7) is 1.37. The summed E-state index contributed by atoms with van der Waals surface area (Å²) in [5.41, 5.74) is 4.08. The number of carbonyl (C=O) groups excluding carboxylic acids is 1. The molecular weight excluding hydrogens is 414 g/mol. The number of para-hydroxylation sites is 2. The number of nitrogens with zero attached hydrogens (tertiary/aromatic N) is 3. The predicted molar refractivity (Wildman–Crippen MR) is 129 cm³/mol. The molecule has 1 amide bonds. The molecule has 4 aromatic rings. The second kappa shape index (κ2) is 8.98. The van der Waals surface area contributed by atoms with E-state index in [1.807, 2.05) is 42.5 Å². The number of imidazole rings is 1. The second-order valence-electron chi connectivity index (χ2n) is 8.29. The molecule has 6 nitrogen and oxygen atoms in total. The topological polar surface area (TPSA) is 56.6 Å². The minimum absolute atomic E-state index is 0.00317. The Hall–Kier alpha value is -3.80. The van der Waals surface area contributed by atoms with E-state index in [-0.39, 0.29) is 11.8 Å². The van der Waals surface area contributed by atoms with E-state index >= 15 is 0 Å². The molecule has 1 aliphatic rings. The van der Waals surface area contributed by atoms with Gasteiger partial charge in [0.25, 0.3) is 0 Å². The summed E-state index contributed by atoms with van der Waals surface area (Å²) in [5.74, 6) is 2.37. The number of aryl methyl sites for hydroxylation is 2. The lowest BCUT2D eigenvalue weighted by Crippen LogP contribution is -2.25. The van der Waals surface area contributed by atoms with Crippen molar-refractivity contribution in [2.75, 3.05) is 25.7 Å². The summed E-state index contributed by atoms with van der Waals surface area (Å²) in [4.78, 5) is 19.9. The summed E-state index contributed by atoms with van der Waals surface area (Å²) in [6, 6.07) is 24.2. The van der Waals surface area contributed by atoms with Crippen LogP contribution in [0, 0.1) is 0 Å². The molecule has 2 heterocycles. The lowest BCUT2D eigenvalue weighted by Gasteiger charge is -2.20. The van der Waals surface area contributed by atoms with E-state index in [0.717, 1.165) is 35.5 Å². The lowest BCUT2D eigenvalue weighted by molar-refractivity contribution is -0.117. The maximum Gasteiger partial charge on any atom is 0.227 e. The molecule has 5 rings (SSSR count). The van der Waals surface area contributed by atoms with Crippen LogP contribution < -0.4 is 14.4 Å². The molecule has 0 aliphatic carbocycles. The largest absolute Gasteiger partial charge is 0.497 e. The Morgan fingerprint density at radius 3 is 2.55 bits per heavy atom. The van der Waals surface area contributed by atoms with Crippen molar-refractivity contribution in [3.05, 3.63) is 84.2 Å². The van der Waals surface area contributed by atoms with Crippen LogP contribution in [0.4, 0.5) is 5.69 Å². The number of methoxy groups -OCH3 is 2. The maximum atomic E-state index is 13.1. The molecule has 0 spiro atoms. The van der Waals surface area contributed by atoms with E-state index in [1.165, 1.54) is 5.56 Å². The Morgan fingerprint density at radius 1 is 0.970 bits per heavy atom. The number of aromatic nitrogens is 2. The highest BCUT2D eigenvalue weighted by Gasteiger charge is 2.36. The predicted octanol–water partition coefficient (Wildman–Crippen LogP) is 4.82. The van der Waals surface area contributed by atoms with Gasteiger partial charge in [0.2, 0.25) is 5.91 Å². The third-order valence-electron chi connectivity index (χ3n) is 6.32. The number of fused-ring (bicyclic) bond motifs is 1. The molecule has 1 aromatic heterocycles. The van der Waals surface area contributed by atoms with Crippen LogP contribution in [0.25, 0.3) is 11.0 Å². The van der Waals surface area contributed by atoms with E-state index in [0.29, 0.717) is 24.5 Å². The first kappa shape index (κ1) is 21.1. The van der Waals surface area contributed by atoms with Crippen molar-refractivity contribution in [1.29, 1.82) is 0 Å². The van der Waals surface area contributed by atoms with Crippen LogP contribution in [0.2, 0.25) is 0 Å². The number of carbonyl (C=O) groups is 1. The van der Waals surface area contributed by atoms with Gasteiger partial charge in [-0.15, -0.1) is 0 Å². The molecule has 3 aromatic carbocycles. The van der Waals surface area contributed by atoms with Crippen molar-refractivity contribution in [2.24, 2.45) is 0 Å². The molecule has 33 heavy (non-hydrogen) atoms. The van der Waals surface area contributed by atoms with E-state index < -0.39 is 0 Å². The van der Waals surface area contributed by atoms with Gasteiger partial charge >= 0.3 is 0 Å². The zero-order valence-electron chi connectivity index (χ0n) is 18.9. The average Bonchev–Trinajstić information content (AvgIpc) is 3.43. The molecular formula is C27H27N3O3. The molecule has 0 N–H and O–H groups in total. The summed E-state index contributed by atoms with van der Waals surface area (Å²) in [5, 5.41) is 0. The molecule has 1 saturated heterocycles. The number of anilines is 1. The Balaban J connectivity index is 1.48. The molecule has 0 saturated carbocycles. The monoisotopic (exact) mass is 441 g/mol. The summed E-state index contributed by atoms with van der Waals surface area (Å²) >= 11 is 0. The van der Waals surface area contributed by atoms with Gasteiger partial charge in [-0.25, -0.2) is 4.98 Å². The maximum absolute atomic E-state index is 13.1. The van der Waals surface area contributed by atoms with E-state index in [2.05, 4.69) is 34.9 Å². The van der Waals surface area contributed by atoms with Crippen LogP contribution in [0.15, 0.2) is 72.8 Å². The van der Waals surface area contributed by atoms with Crippen molar-refractivity contribution in [2.45, 2.75) is 25.3 Å². The fourth-order valence-corrected chi connectivity index (χ4v) is 4.65. The highest BCUT2D eigenvalue weighted by Crippen LogP contribution is 2.39. The van der Waals surface area contributed by atoms with Gasteiger partial charge in [-0.2, -0.15) is 0 Å². The van der Waals surface area contributed by atoms with Crippen LogP contribution in [-0.4, -0.2) is 36.2 Å². The number of hydrogen-bond donors (Lipinski definition) is 0. The Morgan fingerprint density at radius 2 is 1.76 bits per heavy atom. The van der Waals surface area contributed by atoms with E-state index in [9.17, 15) is 4.79 Å². The van der Waals surface area contributed by atoms with Crippen LogP contribution in [0.1, 0.15) is 23.7 Å². The van der Waals surface area contributed by atoms with E-state index in [4.69, 9.17) is 14.5 Å². The lowest BCUT2D eigenvalue weighted by atomic mass is 10.1. The summed E-state index contributed by atoms with van der Waals surface area (Å²) in [7, 11) is 3.24. The van der Waals surface area contributed by atoms with Gasteiger partial charge in [-0.1, -0.05) is 42.5 Å². The van der Waals surface area contributed by atoms with Gasteiger partial charge < -0.3 is 18.9 Å². The average molecular weight is 442 g/mol. The highest BCUT2D eigenvalue weighted by atomic mass is 16.5. The van der Waals surface area contributed by atoms with Crippen LogP contribution in [0.3, 0.4) is 0 Å². The highest BCUT2D eigenvalue weighted by molar-refractivity contribution is 5.98. The van der Waals surface area contributed by atoms with Crippen LogP contribution in [0.5, 0.6) is 11.5 Å². The smallest absolute Gasteiger partial charge is 0.227 e. The van der Waals surface area contributed by atoms with Gasteiger partial charge in [0.05, 0.1) is 30.9 Å². The molecule has 0 radical (unpaired) electrons. The third kappa shape index (κ3) is 4.04. The SMILES string of the molecule is COc1ccc(OC)c(N2C[C@@H](c3nc4ccccc4n3CCc3ccccc3)CC2=O)c1. The molecule has 0 unspecified atom stereocenters. The normalized spacial score (nSPS) is 15.9. The quantitative estimate of drug-likeness (QED) is 0.413. The molecule has 1 atom stereocenters. The zero-order chi connectivity index (χ0) is 22.8. The number of benzene rings is 3. The second-order valence-corrected chi connectivity index (χ2v) is 8.29. The number of ether oxygens (including phenoxy) is 2. The first-order valence-corrected chi connectivity index (χ1v) is 11.2. The minimum atomic E-state index is -0.00317. The van der Waals surface area contributed by atoms with Gasteiger partial charge in [-0.3, -0.25) is 4.79 Å². The van der Waals surface area contributed by atoms with Gasteiger partial charge in [0.15, 0.2) is 0 Å². The van der Waals surface area contributed by atoms with Gasteiger partial charge in [-0.05, 0) is 36.2 Å². The molecule has 1 fully saturated rings. The Labute approximate surface area is 193 Å². The van der Waals surface area contributed by atoms with Crippen LogP contribution >= 0.6 is 0 Å². The Kier molecular flexibility index (Phi) is 5.73. The number of amides is 1. The zero-order valence-corrected chi connectivity index (χ0v) is 18.9. The fourth-order valence-electron chi connectivity index (χ4n) is 4.65. The van der Waals surface area contributed by atoms with E-state index in [1.54, 1.807) is 19.1 Å². The minimum Gasteiger partial charge on any atom is -0.497 e. The molecule has 0 bridgehead atoms. The van der Waals surface area contributed by atoms with Gasteiger partial charge in [0.1, 0.15) is 17.3 Å². The van der Waals surface area contributed by atoms with Crippen LogP contribution in [-0.2, 0) is 17.8 Å². The van der Waals surface area contributed by atoms with Crippen molar-refractivity contribution < 1.29 is 14.3 Å². The Bertz CT molecular complexity index is 1280. The fraction of sp³-hybridized carbons (Fsp3) is 0.259. The first-order valence-electron chi connectivity index (χ1n) is 11.2. The van der Waals surface area contributed by atoms with Crippen molar-refractivity contribution >= 4 is 22.6 Å². The van der Waals surface area contributed by atoms with Crippen molar-refractivity contribution in [3.8, 4) is 11.5 Å². The third-order valence-corrected chi connectivity index (χ3v) is 6.32. The van der Waals surface area contributed by atoms with Crippen molar-refractivity contribution in [3.63, 3.8) is 0 Å². The summed E-state index contributed by atoms with van der Waals surface area (Å²) < 4.78 is 13.2. The number of rotatable bonds is 7. The standard InChI is InChI=1S/C27H27N3O3/c1-32-21-12-13-25(33-2)24(17-21)30-18-20(16-26(30)31)27-28-22-10-6-7-11-23(22)29(27)15-14-19-8-4-3-5-9-19/h3-13,17,20H,14-16,18H2,1-2H3/t20-/m0/s1. The first-order chi connectivity index (χ1) is 16.2. The molecule has 1 aliphatic heterocycles. The number of hydrogen-bond acceptors (Lipinski definition) is 4. The van der Waals surface area contributed by atoms with Gasteiger partial charge in [0, 0.05) is 31.5 Å². The van der Waals surface area contributed by atoms with Crippen molar-refractivity contribution in [1.82, 2.24) is 9.55 Å².